The molecule has 0 saturated carbocycles. The molecule has 0 N–H and O–H groups in total. The summed E-state index contributed by atoms with van der Waals surface area (Å²) in [6.07, 6.45) is 0. The Morgan fingerprint density at radius 2 is 2.18 bits per heavy atom. The molecular formula is C6H3BrClFOS. The van der Waals surface area contributed by atoms with E-state index in [1.807, 2.05) is 0 Å². The number of benzene rings is 1. The fraction of sp³-hybridized carbons (Fsp3) is 0. The Bertz CT molecular complexity index is 305. The summed E-state index contributed by atoms with van der Waals surface area (Å²) in [6, 6.07) is 4.11. The Balaban J connectivity index is 3.23. The van der Waals surface area contributed by atoms with Gasteiger partial charge in [0, 0.05) is 4.47 Å². The lowest BCUT2D eigenvalue weighted by molar-refractivity contribution is 0.596. The zero-order valence-electron chi connectivity index (χ0n) is 5.18. The molecule has 0 fully saturated rings. The zero-order chi connectivity index (χ0) is 8.43. The van der Waals surface area contributed by atoms with Crippen molar-refractivity contribution >= 4 is 36.6 Å². The summed E-state index contributed by atoms with van der Waals surface area (Å²) in [5, 5.41) is 0. The van der Waals surface area contributed by atoms with E-state index in [9.17, 15) is 8.60 Å². The molecule has 5 heteroatoms. The van der Waals surface area contributed by atoms with E-state index in [0.717, 1.165) is 0 Å². The number of rotatable bonds is 1. The third-order valence-electron chi connectivity index (χ3n) is 1.07. The minimum Gasteiger partial charge on any atom is -0.237 e. The van der Waals surface area contributed by atoms with Gasteiger partial charge in [-0.2, -0.15) is 0 Å². The Morgan fingerprint density at radius 3 is 2.64 bits per heavy atom. The molecular weight excluding hydrogens is 254 g/mol. The van der Waals surface area contributed by atoms with Crippen LogP contribution in [0.3, 0.4) is 0 Å². The van der Waals surface area contributed by atoms with Gasteiger partial charge in [-0.05, 0) is 28.9 Å². The van der Waals surface area contributed by atoms with Gasteiger partial charge in [0.15, 0.2) is 10.0 Å². The first-order valence-electron chi connectivity index (χ1n) is 2.64. The summed E-state index contributed by atoms with van der Waals surface area (Å²) in [6.45, 7) is 0. The smallest absolute Gasteiger partial charge is 0.150 e. The maximum atomic E-state index is 12.7. The van der Waals surface area contributed by atoms with Crippen molar-refractivity contribution in [1.82, 2.24) is 0 Å². The van der Waals surface area contributed by atoms with E-state index < -0.39 is 15.8 Å². The predicted molar refractivity (Wildman–Crippen MR) is 46.4 cm³/mol. The highest BCUT2D eigenvalue weighted by molar-refractivity contribution is 9.10. The highest BCUT2D eigenvalue weighted by atomic mass is 79.9. The van der Waals surface area contributed by atoms with Gasteiger partial charge in [-0.3, -0.25) is 0 Å². The van der Waals surface area contributed by atoms with E-state index in [4.69, 9.17) is 10.7 Å². The molecule has 1 nitrogen and oxygen atoms in total. The lowest BCUT2D eigenvalue weighted by Gasteiger charge is -1.96. The normalized spacial score (nSPS) is 13.0. The van der Waals surface area contributed by atoms with Crippen molar-refractivity contribution in [2.75, 3.05) is 0 Å². The van der Waals surface area contributed by atoms with Crippen LogP contribution in [0.4, 0.5) is 4.39 Å². The second-order valence-corrected chi connectivity index (χ2v) is 4.44. The van der Waals surface area contributed by atoms with Crippen LogP contribution < -0.4 is 0 Å². The van der Waals surface area contributed by atoms with Crippen LogP contribution >= 0.6 is 26.6 Å². The van der Waals surface area contributed by atoms with Crippen molar-refractivity contribution in [2.24, 2.45) is 0 Å². The van der Waals surface area contributed by atoms with Gasteiger partial charge in [0.05, 0.1) is 4.90 Å². The second-order valence-electron chi connectivity index (χ2n) is 1.80. The topological polar surface area (TPSA) is 17.1 Å². The molecule has 0 saturated heterocycles. The van der Waals surface area contributed by atoms with Crippen molar-refractivity contribution in [2.45, 2.75) is 4.90 Å². The first-order chi connectivity index (χ1) is 5.11. The molecule has 1 atom stereocenters. The predicted octanol–water partition coefficient (Wildman–Crippen LogP) is 2.85. The summed E-state index contributed by atoms with van der Waals surface area (Å²) in [4.78, 5) is 0.000965. The van der Waals surface area contributed by atoms with Gasteiger partial charge in [-0.25, -0.2) is 8.60 Å². The lowest BCUT2D eigenvalue weighted by Crippen LogP contribution is -1.87. The molecule has 1 aromatic rings. The Hall–Kier alpha value is 0.0700. The lowest BCUT2D eigenvalue weighted by atomic mass is 10.3. The molecule has 0 amide bonds. The first kappa shape index (κ1) is 9.16. The minimum absolute atomic E-state index is 0.000965. The standard InChI is InChI=1S/C6H3BrClFOS/c7-4-1-2-5(9)6(3-4)11(8)10/h1-3H. The molecule has 0 aliphatic carbocycles. The average molecular weight is 258 g/mol. The maximum Gasteiger partial charge on any atom is 0.150 e. The Labute approximate surface area is 78.6 Å². The van der Waals surface area contributed by atoms with Crippen LogP contribution in [-0.4, -0.2) is 4.21 Å². The number of hydrogen-bond acceptors (Lipinski definition) is 1. The molecule has 0 aliphatic rings. The van der Waals surface area contributed by atoms with Gasteiger partial charge in [0.25, 0.3) is 0 Å². The summed E-state index contributed by atoms with van der Waals surface area (Å²) < 4.78 is 24.0. The van der Waals surface area contributed by atoms with Gasteiger partial charge < -0.3 is 0 Å². The summed E-state index contributed by atoms with van der Waals surface area (Å²) in [5.74, 6) is -0.554. The van der Waals surface area contributed by atoms with Crippen molar-refractivity contribution in [1.29, 1.82) is 0 Å². The molecule has 0 spiro atoms. The molecule has 1 aromatic carbocycles. The molecule has 11 heavy (non-hydrogen) atoms. The van der Waals surface area contributed by atoms with Crippen LogP contribution in [0.2, 0.25) is 0 Å². The molecule has 0 aliphatic heterocycles. The molecule has 1 rings (SSSR count). The second kappa shape index (κ2) is 3.65. The molecule has 60 valence electrons. The van der Waals surface area contributed by atoms with Crippen LogP contribution in [0.5, 0.6) is 0 Å². The van der Waals surface area contributed by atoms with Crippen molar-refractivity contribution in [3.05, 3.63) is 28.5 Å². The average Bonchev–Trinajstić information content (AvgIpc) is 1.94. The van der Waals surface area contributed by atoms with Gasteiger partial charge in [0.2, 0.25) is 0 Å². The maximum absolute atomic E-state index is 12.7. The van der Waals surface area contributed by atoms with Gasteiger partial charge in [-0.1, -0.05) is 15.9 Å². The van der Waals surface area contributed by atoms with E-state index in [2.05, 4.69) is 15.9 Å². The van der Waals surface area contributed by atoms with Crippen molar-refractivity contribution in [3.63, 3.8) is 0 Å². The fourth-order valence-corrected chi connectivity index (χ4v) is 1.91. The largest absolute Gasteiger partial charge is 0.237 e. The van der Waals surface area contributed by atoms with Crippen LogP contribution in [0.25, 0.3) is 0 Å². The molecule has 1 unspecified atom stereocenters. The molecule has 0 bridgehead atoms. The summed E-state index contributed by atoms with van der Waals surface area (Å²) >= 11 is 3.10. The third kappa shape index (κ3) is 2.25. The van der Waals surface area contributed by atoms with Crippen molar-refractivity contribution in [3.8, 4) is 0 Å². The third-order valence-corrected chi connectivity index (χ3v) is 2.72. The SMILES string of the molecule is O=S(Cl)c1cc(Br)ccc1F. The van der Waals surface area contributed by atoms with Crippen LogP contribution in [0, 0.1) is 5.82 Å². The van der Waals surface area contributed by atoms with Gasteiger partial charge in [-0.15, -0.1) is 0 Å². The minimum atomic E-state index is -1.78. The summed E-state index contributed by atoms with van der Waals surface area (Å²) in [5.41, 5.74) is 0. The Morgan fingerprint density at radius 1 is 1.55 bits per heavy atom. The van der Waals surface area contributed by atoms with Crippen LogP contribution in [0.15, 0.2) is 27.6 Å². The van der Waals surface area contributed by atoms with E-state index in [0.29, 0.717) is 4.47 Å². The quantitative estimate of drug-likeness (QED) is 0.707. The molecule has 0 aromatic heterocycles. The number of halogens is 3. The fourth-order valence-electron chi connectivity index (χ4n) is 0.600. The van der Waals surface area contributed by atoms with Gasteiger partial charge >= 0.3 is 0 Å². The number of hydrogen-bond donors (Lipinski definition) is 0. The monoisotopic (exact) mass is 256 g/mol. The highest BCUT2D eigenvalue weighted by Gasteiger charge is 2.07. The van der Waals surface area contributed by atoms with Crippen molar-refractivity contribution < 1.29 is 8.60 Å². The highest BCUT2D eigenvalue weighted by Crippen LogP contribution is 2.19. The van der Waals surface area contributed by atoms with E-state index in [-0.39, 0.29) is 4.90 Å². The van der Waals surface area contributed by atoms with E-state index in [1.54, 1.807) is 0 Å². The van der Waals surface area contributed by atoms with E-state index >= 15 is 0 Å². The Kier molecular flexibility index (Phi) is 3.04. The molecule has 0 radical (unpaired) electrons. The van der Waals surface area contributed by atoms with Crippen LogP contribution in [0.1, 0.15) is 0 Å². The van der Waals surface area contributed by atoms with Crippen LogP contribution in [-0.2, 0) is 10.0 Å². The zero-order valence-corrected chi connectivity index (χ0v) is 8.34. The molecule has 0 heterocycles. The van der Waals surface area contributed by atoms with E-state index in [1.165, 1.54) is 18.2 Å². The summed E-state index contributed by atoms with van der Waals surface area (Å²) in [7, 11) is 3.41. The first-order valence-corrected chi connectivity index (χ1v) is 5.41. The van der Waals surface area contributed by atoms with Gasteiger partial charge in [0.1, 0.15) is 5.82 Å².